The molecule has 0 aliphatic heterocycles. The van der Waals surface area contributed by atoms with Gasteiger partial charge in [0.25, 0.3) is 5.56 Å². The van der Waals surface area contributed by atoms with Crippen molar-refractivity contribution < 1.29 is 9.47 Å². The highest BCUT2D eigenvalue weighted by atomic mass is 35.5. The van der Waals surface area contributed by atoms with Crippen LogP contribution in [-0.2, 0) is 13.1 Å². The molecule has 2 aromatic carbocycles. The third-order valence-corrected chi connectivity index (χ3v) is 6.88. The van der Waals surface area contributed by atoms with Crippen LogP contribution in [0.4, 0.5) is 0 Å². The summed E-state index contributed by atoms with van der Waals surface area (Å²) in [6.07, 6.45) is 0. The summed E-state index contributed by atoms with van der Waals surface area (Å²) in [6, 6.07) is 14.6. The van der Waals surface area contributed by atoms with Gasteiger partial charge in [-0.3, -0.25) is 9.36 Å². The number of ether oxygens (including phenoxy) is 2. The van der Waals surface area contributed by atoms with Gasteiger partial charge >= 0.3 is 5.69 Å². The van der Waals surface area contributed by atoms with Crippen molar-refractivity contribution in [2.24, 2.45) is 0 Å². The highest BCUT2D eigenvalue weighted by molar-refractivity contribution is 7.17. The van der Waals surface area contributed by atoms with Gasteiger partial charge in [0, 0.05) is 5.02 Å². The summed E-state index contributed by atoms with van der Waals surface area (Å²) in [5.74, 6) is 1.52. The van der Waals surface area contributed by atoms with E-state index in [9.17, 15) is 9.59 Å². The number of hydrogen-bond acceptors (Lipinski definition) is 6. The van der Waals surface area contributed by atoms with E-state index in [4.69, 9.17) is 21.1 Å². The quantitative estimate of drug-likeness (QED) is 0.309. The van der Waals surface area contributed by atoms with Gasteiger partial charge in [-0.1, -0.05) is 35.9 Å². The molecule has 0 fully saturated rings. The largest absolute Gasteiger partial charge is 0.490 e. The first-order valence-corrected chi connectivity index (χ1v) is 12.5. The highest BCUT2D eigenvalue weighted by Crippen LogP contribution is 2.29. The van der Waals surface area contributed by atoms with Gasteiger partial charge in [0.05, 0.1) is 31.8 Å². The molecule has 0 saturated heterocycles. The summed E-state index contributed by atoms with van der Waals surface area (Å²) in [4.78, 5) is 26.9. The Balaban J connectivity index is 1.66. The van der Waals surface area contributed by atoms with E-state index < -0.39 is 0 Å². The molecule has 0 aliphatic carbocycles. The van der Waals surface area contributed by atoms with E-state index >= 15 is 0 Å². The van der Waals surface area contributed by atoms with E-state index in [0.717, 1.165) is 11.1 Å². The zero-order valence-electron chi connectivity index (χ0n) is 19.2. The minimum atomic E-state index is -0.334. The van der Waals surface area contributed by atoms with Crippen LogP contribution in [0.3, 0.4) is 0 Å². The average molecular weight is 511 g/mol. The summed E-state index contributed by atoms with van der Waals surface area (Å²) < 4.78 is 16.2. The first kappa shape index (κ1) is 23.2. The summed E-state index contributed by atoms with van der Waals surface area (Å²) in [5.41, 5.74) is 1.60. The molecule has 0 amide bonds. The smallest absolute Gasteiger partial charge is 0.352 e. The highest BCUT2D eigenvalue weighted by Gasteiger charge is 2.19. The molecule has 8 nitrogen and oxygen atoms in total. The van der Waals surface area contributed by atoms with Gasteiger partial charge in [0.1, 0.15) is 4.70 Å². The summed E-state index contributed by atoms with van der Waals surface area (Å²) in [6.45, 7) is 5.21. The monoisotopic (exact) mass is 510 g/mol. The molecule has 0 atom stereocenters. The second-order valence-corrected chi connectivity index (χ2v) is 9.16. The van der Waals surface area contributed by atoms with Gasteiger partial charge < -0.3 is 9.47 Å². The third-order valence-electron chi connectivity index (χ3n) is 5.61. The van der Waals surface area contributed by atoms with Crippen molar-refractivity contribution in [2.45, 2.75) is 26.9 Å². The standard InChI is InChI=1S/C25H23ClN4O4S/c1-3-33-20-10-9-16(13-21(20)34-4-2)14-28-23(31)22-19(11-12-35-22)30-24(28)27-29(25(30)32)15-17-7-5-6-8-18(17)26/h5-13H,3-4,14-15H2,1-2H3. The number of rotatable bonds is 8. The van der Waals surface area contributed by atoms with Gasteiger partial charge in [0.15, 0.2) is 11.5 Å². The topological polar surface area (TPSA) is 79.8 Å². The first-order valence-electron chi connectivity index (χ1n) is 11.2. The summed E-state index contributed by atoms with van der Waals surface area (Å²) >= 11 is 7.62. The summed E-state index contributed by atoms with van der Waals surface area (Å²) in [7, 11) is 0. The number of fused-ring (bicyclic) bond motifs is 3. The normalized spacial score (nSPS) is 11.4. The van der Waals surface area contributed by atoms with Crippen LogP contribution in [0.15, 0.2) is 63.5 Å². The zero-order valence-corrected chi connectivity index (χ0v) is 20.8. The Bertz CT molecular complexity index is 1650. The molecule has 5 aromatic rings. The molecule has 0 saturated carbocycles. The van der Waals surface area contributed by atoms with Crippen molar-refractivity contribution in [3.8, 4) is 11.5 Å². The van der Waals surface area contributed by atoms with E-state index in [0.29, 0.717) is 40.0 Å². The van der Waals surface area contributed by atoms with Crippen molar-refractivity contribution in [2.75, 3.05) is 13.2 Å². The van der Waals surface area contributed by atoms with Crippen LogP contribution < -0.4 is 20.7 Å². The van der Waals surface area contributed by atoms with E-state index in [2.05, 4.69) is 5.10 Å². The second kappa shape index (κ2) is 9.59. The van der Waals surface area contributed by atoms with Gasteiger partial charge in [-0.05, 0) is 54.6 Å². The molecule has 0 radical (unpaired) electrons. The molecule has 3 aromatic heterocycles. The van der Waals surface area contributed by atoms with Gasteiger partial charge in [-0.2, -0.15) is 0 Å². The minimum Gasteiger partial charge on any atom is -0.490 e. The molecule has 0 bridgehead atoms. The SMILES string of the molecule is CCOc1ccc(Cn2c(=O)c3sccc3n3c(=O)n(Cc4ccccc4Cl)nc23)cc1OCC. The predicted octanol–water partition coefficient (Wildman–Crippen LogP) is 4.42. The zero-order chi connectivity index (χ0) is 24.5. The Morgan fingerprint density at radius 3 is 2.51 bits per heavy atom. The van der Waals surface area contributed by atoms with Crippen molar-refractivity contribution in [3.05, 3.63) is 90.9 Å². The van der Waals surface area contributed by atoms with Gasteiger partial charge in [0.2, 0.25) is 5.78 Å². The molecule has 0 spiro atoms. The van der Waals surface area contributed by atoms with Crippen LogP contribution in [0, 0.1) is 0 Å². The lowest BCUT2D eigenvalue weighted by Gasteiger charge is -2.13. The number of benzene rings is 2. The lowest BCUT2D eigenvalue weighted by molar-refractivity contribution is 0.287. The summed E-state index contributed by atoms with van der Waals surface area (Å²) in [5, 5.41) is 6.91. The number of halogens is 1. The fourth-order valence-corrected chi connectivity index (χ4v) is 5.06. The van der Waals surface area contributed by atoms with Crippen LogP contribution >= 0.6 is 22.9 Å². The Morgan fingerprint density at radius 2 is 1.74 bits per heavy atom. The fraction of sp³-hybridized carbons (Fsp3) is 0.240. The van der Waals surface area contributed by atoms with Gasteiger partial charge in [-0.25, -0.2) is 13.9 Å². The molecule has 180 valence electrons. The maximum absolute atomic E-state index is 13.5. The van der Waals surface area contributed by atoms with E-state index in [1.165, 1.54) is 25.0 Å². The van der Waals surface area contributed by atoms with Crippen LogP contribution in [0.5, 0.6) is 11.5 Å². The van der Waals surface area contributed by atoms with Crippen LogP contribution in [0.2, 0.25) is 5.02 Å². The third kappa shape index (κ3) is 4.21. The van der Waals surface area contributed by atoms with E-state index in [-0.39, 0.29) is 30.1 Å². The number of aromatic nitrogens is 4. The Labute approximate surface area is 209 Å². The van der Waals surface area contributed by atoms with E-state index in [1.807, 2.05) is 50.2 Å². The van der Waals surface area contributed by atoms with Crippen molar-refractivity contribution in [3.63, 3.8) is 0 Å². The van der Waals surface area contributed by atoms with Crippen LogP contribution in [0.25, 0.3) is 16.0 Å². The average Bonchev–Trinajstić information content (AvgIpc) is 3.45. The van der Waals surface area contributed by atoms with Crippen LogP contribution in [0.1, 0.15) is 25.0 Å². The molecule has 10 heteroatoms. The van der Waals surface area contributed by atoms with Crippen LogP contribution in [-0.4, -0.2) is 32.0 Å². The number of hydrogen-bond donors (Lipinski definition) is 0. The first-order chi connectivity index (χ1) is 17.0. The maximum atomic E-state index is 13.5. The Morgan fingerprint density at radius 1 is 0.971 bits per heavy atom. The number of nitrogens with zero attached hydrogens (tertiary/aromatic N) is 4. The van der Waals surface area contributed by atoms with Crippen molar-refractivity contribution >= 4 is 38.9 Å². The molecule has 0 N–H and O–H groups in total. The molecule has 5 rings (SSSR count). The minimum absolute atomic E-state index is 0.192. The predicted molar refractivity (Wildman–Crippen MR) is 138 cm³/mol. The molecule has 0 aliphatic rings. The van der Waals surface area contributed by atoms with Crippen molar-refractivity contribution in [1.82, 2.24) is 18.7 Å². The molecule has 35 heavy (non-hydrogen) atoms. The maximum Gasteiger partial charge on any atom is 0.352 e. The lowest BCUT2D eigenvalue weighted by atomic mass is 10.2. The molecular weight excluding hydrogens is 488 g/mol. The van der Waals surface area contributed by atoms with E-state index in [1.54, 1.807) is 17.5 Å². The Hall–Kier alpha value is -3.56. The number of thiophene rings is 1. The van der Waals surface area contributed by atoms with Crippen molar-refractivity contribution in [1.29, 1.82) is 0 Å². The lowest BCUT2D eigenvalue weighted by Crippen LogP contribution is -2.26. The molecule has 0 unspecified atom stereocenters. The Kier molecular flexibility index (Phi) is 6.36. The van der Waals surface area contributed by atoms with Gasteiger partial charge in [-0.15, -0.1) is 16.4 Å². The molecular formula is C25H23ClN4O4S. The second-order valence-electron chi connectivity index (χ2n) is 7.84. The fourth-order valence-electron chi connectivity index (χ4n) is 4.04. The molecule has 3 heterocycles.